The summed E-state index contributed by atoms with van der Waals surface area (Å²) in [6.45, 7) is 8.85. The van der Waals surface area contributed by atoms with E-state index in [2.05, 4.69) is 31.1 Å². The van der Waals surface area contributed by atoms with Gasteiger partial charge < -0.3 is 5.11 Å². The molecule has 2 rings (SSSR count). The Morgan fingerprint density at radius 3 is 2.94 bits per heavy atom. The Balaban J connectivity index is 2.02. The van der Waals surface area contributed by atoms with Crippen LogP contribution in [0.15, 0.2) is 5.38 Å². The predicted octanol–water partition coefficient (Wildman–Crippen LogP) is 2.86. The smallest absolute Gasteiger partial charge is 0.0954 e. The molecule has 18 heavy (non-hydrogen) atoms. The first-order valence-electron chi connectivity index (χ1n) is 6.91. The highest BCUT2D eigenvalue weighted by molar-refractivity contribution is 7.09. The summed E-state index contributed by atoms with van der Waals surface area (Å²) < 4.78 is 0. The quantitative estimate of drug-likeness (QED) is 0.912. The fourth-order valence-electron chi connectivity index (χ4n) is 2.69. The molecule has 3 nitrogen and oxygen atoms in total. The van der Waals surface area contributed by atoms with Crippen molar-refractivity contribution in [3.05, 3.63) is 16.1 Å². The third-order valence-electron chi connectivity index (χ3n) is 3.85. The number of rotatable bonds is 4. The molecule has 1 fully saturated rings. The van der Waals surface area contributed by atoms with E-state index in [0.29, 0.717) is 17.9 Å². The van der Waals surface area contributed by atoms with Gasteiger partial charge in [0.05, 0.1) is 17.3 Å². The van der Waals surface area contributed by atoms with Gasteiger partial charge in [0.25, 0.3) is 0 Å². The number of likely N-dealkylation sites (tertiary alicyclic amines) is 1. The fourth-order valence-corrected chi connectivity index (χ4v) is 3.52. The highest BCUT2D eigenvalue weighted by atomic mass is 32.1. The normalized spacial score (nSPS) is 25.8. The summed E-state index contributed by atoms with van der Waals surface area (Å²) in [6, 6.07) is 0.308. The molecular formula is C14H24N2OS. The highest BCUT2D eigenvalue weighted by Crippen LogP contribution is 2.26. The van der Waals surface area contributed by atoms with Crippen LogP contribution in [-0.2, 0) is 6.54 Å². The van der Waals surface area contributed by atoms with E-state index in [1.807, 2.05) is 0 Å². The fraction of sp³-hybridized carbons (Fsp3) is 0.786. The Labute approximate surface area is 114 Å². The molecule has 0 spiro atoms. The van der Waals surface area contributed by atoms with Crippen molar-refractivity contribution in [1.82, 2.24) is 9.88 Å². The maximum atomic E-state index is 9.54. The lowest BCUT2D eigenvalue weighted by Crippen LogP contribution is -2.46. The van der Waals surface area contributed by atoms with Crippen molar-refractivity contribution in [2.45, 2.75) is 52.1 Å². The summed E-state index contributed by atoms with van der Waals surface area (Å²) >= 11 is 1.76. The molecule has 0 bridgehead atoms. The maximum absolute atomic E-state index is 9.54. The lowest BCUT2D eigenvalue weighted by atomic mass is 9.91. The molecule has 1 aromatic rings. The largest absolute Gasteiger partial charge is 0.395 e. The van der Waals surface area contributed by atoms with E-state index in [9.17, 15) is 5.11 Å². The van der Waals surface area contributed by atoms with Gasteiger partial charge in [0.2, 0.25) is 0 Å². The molecule has 4 heteroatoms. The Bertz CT molecular complexity index is 378. The first-order chi connectivity index (χ1) is 8.61. The van der Waals surface area contributed by atoms with Gasteiger partial charge in [-0.3, -0.25) is 4.90 Å². The van der Waals surface area contributed by atoms with E-state index >= 15 is 0 Å². The molecule has 1 saturated heterocycles. The second-order valence-corrected chi connectivity index (χ2v) is 6.56. The molecule has 0 aromatic carbocycles. The van der Waals surface area contributed by atoms with Crippen LogP contribution in [0.3, 0.4) is 0 Å². The van der Waals surface area contributed by atoms with Crippen molar-refractivity contribution in [3.63, 3.8) is 0 Å². The van der Waals surface area contributed by atoms with Gasteiger partial charge >= 0.3 is 0 Å². The summed E-state index contributed by atoms with van der Waals surface area (Å²) in [7, 11) is 0. The van der Waals surface area contributed by atoms with Crippen molar-refractivity contribution >= 4 is 11.3 Å². The third-order valence-corrected chi connectivity index (χ3v) is 5.04. The summed E-state index contributed by atoms with van der Waals surface area (Å²) in [6.07, 6.45) is 2.47. The molecule has 1 aliphatic rings. The van der Waals surface area contributed by atoms with Crippen molar-refractivity contribution < 1.29 is 5.11 Å². The van der Waals surface area contributed by atoms with Gasteiger partial charge in [0.1, 0.15) is 0 Å². The molecule has 1 aliphatic heterocycles. The van der Waals surface area contributed by atoms with Gasteiger partial charge in [-0.1, -0.05) is 20.8 Å². The Hall–Kier alpha value is -0.450. The SMILES string of the molecule is CC(C)c1nc(CN2CCCC(C)C2CO)cs1. The molecule has 2 heterocycles. The molecule has 0 aliphatic carbocycles. The van der Waals surface area contributed by atoms with E-state index in [1.54, 1.807) is 11.3 Å². The number of hydrogen-bond donors (Lipinski definition) is 1. The number of thiazole rings is 1. The average molecular weight is 268 g/mol. The van der Waals surface area contributed by atoms with Gasteiger partial charge in [-0.2, -0.15) is 0 Å². The van der Waals surface area contributed by atoms with Crippen molar-refractivity contribution in [2.75, 3.05) is 13.2 Å². The van der Waals surface area contributed by atoms with Crippen molar-refractivity contribution in [2.24, 2.45) is 5.92 Å². The van der Waals surface area contributed by atoms with Crippen LogP contribution in [0.5, 0.6) is 0 Å². The summed E-state index contributed by atoms with van der Waals surface area (Å²) in [5.74, 6) is 1.10. The number of nitrogens with zero attached hydrogens (tertiary/aromatic N) is 2. The van der Waals surface area contributed by atoms with E-state index in [-0.39, 0.29) is 6.61 Å². The Morgan fingerprint density at radius 1 is 1.56 bits per heavy atom. The molecule has 1 N–H and O–H groups in total. The minimum Gasteiger partial charge on any atom is -0.395 e. The molecule has 2 unspecified atom stereocenters. The minimum atomic E-state index is 0.266. The van der Waals surface area contributed by atoms with E-state index in [1.165, 1.54) is 17.8 Å². The van der Waals surface area contributed by atoms with Crippen LogP contribution >= 0.6 is 11.3 Å². The molecule has 0 saturated carbocycles. The van der Waals surface area contributed by atoms with Gasteiger partial charge in [0.15, 0.2) is 0 Å². The lowest BCUT2D eigenvalue weighted by molar-refractivity contribution is 0.0465. The second-order valence-electron chi connectivity index (χ2n) is 5.67. The number of hydrogen-bond acceptors (Lipinski definition) is 4. The third kappa shape index (κ3) is 3.11. The second kappa shape index (κ2) is 6.13. The molecular weight excluding hydrogens is 244 g/mol. The van der Waals surface area contributed by atoms with Crippen LogP contribution in [-0.4, -0.2) is 34.2 Å². The standard InChI is InChI=1S/C14H24N2OS/c1-10(2)14-15-12(9-18-14)7-16-6-4-5-11(3)13(16)8-17/h9-11,13,17H,4-8H2,1-3H3. The number of aromatic nitrogens is 1. The van der Waals surface area contributed by atoms with E-state index < -0.39 is 0 Å². The molecule has 0 amide bonds. The Kier molecular flexibility index (Phi) is 4.76. The first kappa shape index (κ1) is 14.0. The highest BCUT2D eigenvalue weighted by Gasteiger charge is 2.28. The monoisotopic (exact) mass is 268 g/mol. The minimum absolute atomic E-state index is 0.266. The van der Waals surface area contributed by atoms with Crippen LogP contribution in [0.4, 0.5) is 0 Å². The van der Waals surface area contributed by atoms with Crippen LogP contribution in [0.2, 0.25) is 0 Å². The van der Waals surface area contributed by atoms with Crippen LogP contribution in [0.25, 0.3) is 0 Å². The maximum Gasteiger partial charge on any atom is 0.0954 e. The first-order valence-corrected chi connectivity index (χ1v) is 7.79. The van der Waals surface area contributed by atoms with Crippen molar-refractivity contribution in [3.8, 4) is 0 Å². The topological polar surface area (TPSA) is 36.4 Å². The van der Waals surface area contributed by atoms with Gasteiger partial charge in [-0.05, 0) is 25.3 Å². The number of piperidine rings is 1. The van der Waals surface area contributed by atoms with Crippen LogP contribution in [0.1, 0.15) is 50.2 Å². The summed E-state index contributed by atoms with van der Waals surface area (Å²) in [5, 5.41) is 12.9. The Morgan fingerprint density at radius 2 is 2.33 bits per heavy atom. The zero-order valence-corrected chi connectivity index (χ0v) is 12.4. The molecule has 2 atom stereocenters. The predicted molar refractivity (Wildman–Crippen MR) is 75.9 cm³/mol. The summed E-state index contributed by atoms with van der Waals surface area (Å²) in [5.41, 5.74) is 1.16. The average Bonchev–Trinajstić information content (AvgIpc) is 2.78. The molecule has 0 radical (unpaired) electrons. The molecule has 1 aromatic heterocycles. The van der Waals surface area contributed by atoms with E-state index in [4.69, 9.17) is 4.98 Å². The van der Waals surface area contributed by atoms with E-state index in [0.717, 1.165) is 18.8 Å². The zero-order valence-electron chi connectivity index (χ0n) is 11.6. The van der Waals surface area contributed by atoms with Gasteiger partial charge in [-0.15, -0.1) is 11.3 Å². The molecule has 102 valence electrons. The number of aliphatic hydroxyl groups is 1. The summed E-state index contributed by atoms with van der Waals surface area (Å²) in [4.78, 5) is 7.09. The van der Waals surface area contributed by atoms with Gasteiger partial charge in [-0.25, -0.2) is 4.98 Å². The number of aliphatic hydroxyl groups excluding tert-OH is 1. The van der Waals surface area contributed by atoms with Crippen LogP contribution < -0.4 is 0 Å². The zero-order chi connectivity index (χ0) is 13.1. The lowest BCUT2D eigenvalue weighted by Gasteiger charge is -2.38. The van der Waals surface area contributed by atoms with Crippen molar-refractivity contribution in [1.29, 1.82) is 0 Å². The van der Waals surface area contributed by atoms with Crippen LogP contribution in [0, 0.1) is 5.92 Å². The van der Waals surface area contributed by atoms with Gasteiger partial charge in [0, 0.05) is 23.9 Å².